The smallest absolute Gasteiger partial charge is 0.405 e. The van der Waals surface area contributed by atoms with Crippen LogP contribution in [0.4, 0.5) is 13.2 Å². The number of rotatable bonds is 12. The molecule has 1 heterocycles. The second-order valence-corrected chi connectivity index (χ2v) is 6.64. The number of hydrogen-bond acceptors (Lipinski definition) is 6. The van der Waals surface area contributed by atoms with Gasteiger partial charge in [-0.2, -0.15) is 13.2 Å². The molecule has 0 fully saturated rings. The Bertz CT molecular complexity index is 930. The van der Waals surface area contributed by atoms with E-state index in [1.807, 2.05) is 0 Å². The van der Waals surface area contributed by atoms with E-state index in [1.165, 1.54) is 29.1 Å². The maximum absolute atomic E-state index is 12.4. The number of alkyl halides is 3. The maximum Gasteiger partial charge on any atom is 0.405 e. The third-order valence-corrected chi connectivity index (χ3v) is 4.07. The zero-order chi connectivity index (χ0) is 23.6. The SMILES string of the molecule is C=CCCCOc1cc(C(=O)NCC(F)(F)F)ccc1-n1cc(C(=O)NCCCO)nn1. The molecule has 0 aliphatic carbocycles. The van der Waals surface area contributed by atoms with E-state index in [-0.39, 0.29) is 36.8 Å². The van der Waals surface area contributed by atoms with E-state index in [0.717, 1.165) is 0 Å². The minimum absolute atomic E-state index is 0.0209. The van der Waals surface area contributed by atoms with Crippen LogP contribution in [0.2, 0.25) is 0 Å². The quantitative estimate of drug-likeness (QED) is 0.333. The molecule has 0 spiro atoms. The molecule has 0 saturated carbocycles. The lowest BCUT2D eigenvalue weighted by atomic mass is 10.1. The molecule has 0 aliphatic rings. The molecule has 2 rings (SSSR count). The number of amides is 2. The zero-order valence-corrected chi connectivity index (χ0v) is 17.2. The van der Waals surface area contributed by atoms with Gasteiger partial charge in [-0.1, -0.05) is 11.3 Å². The highest BCUT2D eigenvalue weighted by atomic mass is 19.4. The van der Waals surface area contributed by atoms with Crippen molar-refractivity contribution in [2.45, 2.75) is 25.4 Å². The third kappa shape index (κ3) is 7.69. The van der Waals surface area contributed by atoms with Gasteiger partial charge in [-0.3, -0.25) is 9.59 Å². The topological polar surface area (TPSA) is 118 Å². The van der Waals surface area contributed by atoms with Crippen molar-refractivity contribution in [1.82, 2.24) is 25.6 Å². The lowest BCUT2D eigenvalue weighted by Crippen LogP contribution is -2.33. The van der Waals surface area contributed by atoms with Gasteiger partial charge in [0.25, 0.3) is 11.8 Å². The fourth-order valence-corrected chi connectivity index (χ4v) is 2.51. The van der Waals surface area contributed by atoms with E-state index in [9.17, 15) is 22.8 Å². The molecule has 32 heavy (non-hydrogen) atoms. The molecule has 9 nitrogen and oxygen atoms in total. The summed E-state index contributed by atoms with van der Waals surface area (Å²) in [5.74, 6) is -1.21. The molecule has 0 unspecified atom stereocenters. The van der Waals surface area contributed by atoms with Crippen molar-refractivity contribution in [2.24, 2.45) is 0 Å². The average molecular weight is 455 g/mol. The molecular formula is C20H24F3N5O4. The van der Waals surface area contributed by atoms with Crippen molar-refractivity contribution in [2.75, 3.05) is 26.3 Å². The molecule has 0 aliphatic heterocycles. The average Bonchev–Trinajstić information content (AvgIpc) is 3.24. The number of aromatic nitrogens is 3. The standard InChI is InChI=1S/C20H24F3N5O4/c1-2-3-4-10-32-17-11-14(18(30)25-13-20(21,22)23)6-7-16(17)28-12-15(26-27-28)19(31)24-8-5-9-29/h2,6-7,11-12,29H,1,3-5,8-10,13H2,(H,24,31)(H,25,30). The number of carbonyl (C=O) groups excluding carboxylic acids is 2. The van der Waals surface area contributed by atoms with Crippen LogP contribution in [-0.2, 0) is 0 Å². The first kappa shape index (κ1) is 24.9. The van der Waals surface area contributed by atoms with Gasteiger partial charge in [0.15, 0.2) is 5.69 Å². The summed E-state index contributed by atoms with van der Waals surface area (Å²) >= 11 is 0. The van der Waals surface area contributed by atoms with Crippen LogP contribution >= 0.6 is 0 Å². The Balaban J connectivity index is 2.24. The van der Waals surface area contributed by atoms with Gasteiger partial charge in [0.1, 0.15) is 18.0 Å². The fraction of sp³-hybridized carbons (Fsp3) is 0.400. The molecular weight excluding hydrogens is 431 g/mol. The lowest BCUT2D eigenvalue weighted by molar-refractivity contribution is -0.123. The molecule has 1 aromatic carbocycles. The molecule has 3 N–H and O–H groups in total. The lowest BCUT2D eigenvalue weighted by Gasteiger charge is -2.13. The monoisotopic (exact) mass is 455 g/mol. The van der Waals surface area contributed by atoms with E-state index in [4.69, 9.17) is 9.84 Å². The van der Waals surface area contributed by atoms with Crippen molar-refractivity contribution >= 4 is 11.8 Å². The highest BCUT2D eigenvalue weighted by molar-refractivity contribution is 5.95. The summed E-state index contributed by atoms with van der Waals surface area (Å²) in [5, 5.41) is 20.9. The molecule has 1 aromatic heterocycles. The van der Waals surface area contributed by atoms with Gasteiger partial charge in [0.05, 0.1) is 12.8 Å². The Labute approximate surface area is 182 Å². The first-order chi connectivity index (χ1) is 15.2. The van der Waals surface area contributed by atoms with Crippen molar-refractivity contribution < 1.29 is 32.6 Å². The number of ether oxygens (including phenoxy) is 1. The predicted octanol–water partition coefficient (Wildman–Crippen LogP) is 2.02. The van der Waals surface area contributed by atoms with Crippen molar-refractivity contribution in [3.05, 3.63) is 48.3 Å². The molecule has 0 atom stereocenters. The van der Waals surface area contributed by atoms with Crippen molar-refractivity contribution in [3.63, 3.8) is 0 Å². The van der Waals surface area contributed by atoms with Gasteiger partial charge >= 0.3 is 6.18 Å². The van der Waals surface area contributed by atoms with E-state index < -0.39 is 24.5 Å². The van der Waals surface area contributed by atoms with E-state index in [1.54, 1.807) is 11.4 Å². The zero-order valence-electron chi connectivity index (χ0n) is 17.2. The minimum atomic E-state index is -4.53. The Morgan fingerprint density at radius 1 is 1.22 bits per heavy atom. The number of hydrogen-bond donors (Lipinski definition) is 3. The summed E-state index contributed by atoms with van der Waals surface area (Å²) in [7, 11) is 0. The third-order valence-electron chi connectivity index (χ3n) is 4.07. The van der Waals surface area contributed by atoms with E-state index in [0.29, 0.717) is 24.9 Å². The predicted molar refractivity (Wildman–Crippen MR) is 109 cm³/mol. The summed E-state index contributed by atoms with van der Waals surface area (Å²) in [6, 6.07) is 4.06. The summed E-state index contributed by atoms with van der Waals surface area (Å²) in [6.45, 7) is 2.62. The minimum Gasteiger partial charge on any atom is -0.491 e. The molecule has 2 aromatic rings. The van der Waals surface area contributed by atoms with Gasteiger partial charge in [0.2, 0.25) is 0 Å². The summed E-state index contributed by atoms with van der Waals surface area (Å²) in [4.78, 5) is 24.2. The van der Waals surface area contributed by atoms with Crippen LogP contribution in [-0.4, -0.2) is 64.4 Å². The molecule has 174 valence electrons. The van der Waals surface area contributed by atoms with Crippen LogP contribution in [0.15, 0.2) is 37.1 Å². The van der Waals surface area contributed by atoms with Gasteiger partial charge < -0.3 is 20.5 Å². The Morgan fingerprint density at radius 3 is 2.69 bits per heavy atom. The van der Waals surface area contributed by atoms with Crippen LogP contribution in [0.3, 0.4) is 0 Å². The Morgan fingerprint density at radius 2 is 2.00 bits per heavy atom. The summed E-state index contributed by atoms with van der Waals surface area (Å²) < 4.78 is 44.1. The molecule has 0 radical (unpaired) electrons. The number of nitrogens with one attached hydrogen (secondary N) is 2. The molecule has 12 heteroatoms. The first-order valence-corrected chi connectivity index (χ1v) is 9.79. The van der Waals surface area contributed by atoms with Gasteiger partial charge in [-0.15, -0.1) is 11.7 Å². The molecule has 0 bridgehead atoms. The number of allylic oxidation sites excluding steroid dienone is 1. The van der Waals surface area contributed by atoms with Crippen LogP contribution in [0.1, 0.15) is 40.1 Å². The van der Waals surface area contributed by atoms with Crippen molar-refractivity contribution in [1.29, 1.82) is 0 Å². The number of nitrogens with zero attached hydrogens (tertiary/aromatic N) is 3. The number of aliphatic hydroxyl groups excluding tert-OH is 1. The van der Waals surface area contributed by atoms with Crippen LogP contribution in [0, 0.1) is 0 Å². The number of halogens is 3. The maximum atomic E-state index is 12.4. The largest absolute Gasteiger partial charge is 0.491 e. The van der Waals surface area contributed by atoms with Gasteiger partial charge in [0, 0.05) is 18.7 Å². The number of carbonyl (C=O) groups is 2. The first-order valence-electron chi connectivity index (χ1n) is 9.79. The highest BCUT2D eigenvalue weighted by Crippen LogP contribution is 2.25. The normalized spacial score (nSPS) is 11.1. The van der Waals surface area contributed by atoms with Gasteiger partial charge in [-0.05, 0) is 37.5 Å². The number of benzene rings is 1. The van der Waals surface area contributed by atoms with Crippen LogP contribution in [0.5, 0.6) is 5.75 Å². The van der Waals surface area contributed by atoms with Crippen LogP contribution < -0.4 is 15.4 Å². The second-order valence-electron chi connectivity index (χ2n) is 6.64. The van der Waals surface area contributed by atoms with E-state index in [2.05, 4.69) is 22.2 Å². The molecule has 2 amide bonds. The van der Waals surface area contributed by atoms with Crippen LogP contribution in [0.25, 0.3) is 5.69 Å². The highest BCUT2D eigenvalue weighted by Gasteiger charge is 2.28. The van der Waals surface area contributed by atoms with Crippen molar-refractivity contribution in [3.8, 4) is 11.4 Å². The Kier molecular flexibility index (Phi) is 9.20. The fourth-order valence-electron chi connectivity index (χ4n) is 2.51. The summed E-state index contributed by atoms with van der Waals surface area (Å²) in [6.07, 6.45) is 0.231. The second kappa shape index (κ2) is 11.8. The number of aliphatic hydroxyl groups is 1. The van der Waals surface area contributed by atoms with Gasteiger partial charge in [-0.25, -0.2) is 4.68 Å². The summed E-state index contributed by atoms with van der Waals surface area (Å²) in [5.41, 5.74) is 0.337. The van der Waals surface area contributed by atoms with E-state index >= 15 is 0 Å². The number of unbranched alkanes of at least 4 members (excludes halogenated alkanes) is 1. The molecule has 0 saturated heterocycles. The Hall–Kier alpha value is -3.41.